The van der Waals surface area contributed by atoms with E-state index in [2.05, 4.69) is 20.8 Å². The van der Waals surface area contributed by atoms with Gasteiger partial charge in [-0.05, 0) is 36.4 Å². The van der Waals surface area contributed by atoms with Crippen molar-refractivity contribution in [1.82, 2.24) is 10.2 Å². The summed E-state index contributed by atoms with van der Waals surface area (Å²) in [4.78, 5) is 12.4. The van der Waals surface area contributed by atoms with Crippen LogP contribution in [0.2, 0.25) is 0 Å². The largest absolute Gasteiger partial charge is 0.416 e. The minimum atomic E-state index is -4.51. The highest BCUT2D eigenvalue weighted by atomic mass is 19.4. The maximum Gasteiger partial charge on any atom is 0.416 e. The number of fused-ring (bicyclic) bond motifs is 1. The van der Waals surface area contributed by atoms with Crippen molar-refractivity contribution in [2.24, 2.45) is 0 Å². The number of benzene rings is 2. The van der Waals surface area contributed by atoms with Gasteiger partial charge in [-0.15, -0.1) is 10.2 Å². The SMILES string of the molecule is CNc1nnc(C#N)c2cc(C(=O)Nc3cccc(C(F)(F)F)c3)ccc12. The quantitative estimate of drug-likeness (QED) is 0.731. The molecule has 0 bridgehead atoms. The van der Waals surface area contributed by atoms with Crippen LogP contribution in [0.3, 0.4) is 0 Å². The zero-order valence-corrected chi connectivity index (χ0v) is 13.9. The highest BCUT2D eigenvalue weighted by Crippen LogP contribution is 2.31. The smallest absolute Gasteiger partial charge is 0.371 e. The van der Waals surface area contributed by atoms with Gasteiger partial charge in [0.05, 0.1) is 5.56 Å². The number of alkyl halides is 3. The molecule has 3 rings (SSSR count). The lowest BCUT2D eigenvalue weighted by Gasteiger charge is -2.11. The summed E-state index contributed by atoms with van der Waals surface area (Å²) < 4.78 is 38.4. The number of nitrogens with one attached hydrogen (secondary N) is 2. The fraction of sp³-hybridized carbons (Fsp3) is 0.111. The molecule has 0 aliphatic carbocycles. The van der Waals surface area contributed by atoms with Crippen molar-refractivity contribution in [3.05, 3.63) is 59.3 Å². The van der Waals surface area contributed by atoms with E-state index in [4.69, 9.17) is 0 Å². The van der Waals surface area contributed by atoms with E-state index in [0.717, 1.165) is 12.1 Å². The first-order chi connectivity index (χ1) is 12.8. The normalized spacial score (nSPS) is 11.1. The number of hydrogen-bond donors (Lipinski definition) is 2. The highest BCUT2D eigenvalue weighted by Gasteiger charge is 2.30. The molecule has 2 aromatic carbocycles. The van der Waals surface area contributed by atoms with Gasteiger partial charge in [-0.2, -0.15) is 18.4 Å². The summed E-state index contributed by atoms with van der Waals surface area (Å²) in [5, 5.41) is 23.1. The second-order valence-electron chi connectivity index (χ2n) is 5.55. The van der Waals surface area contributed by atoms with Crippen LogP contribution in [-0.4, -0.2) is 23.2 Å². The van der Waals surface area contributed by atoms with Crippen molar-refractivity contribution in [2.75, 3.05) is 17.7 Å². The lowest BCUT2D eigenvalue weighted by molar-refractivity contribution is -0.137. The molecule has 1 heterocycles. The van der Waals surface area contributed by atoms with Gasteiger partial charge in [-0.25, -0.2) is 0 Å². The molecule has 0 radical (unpaired) electrons. The van der Waals surface area contributed by atoms with E-state index >= 15 is 0 Å². The molecule has 0 fully saturated rings. The molecule has 0 atom stereocenters. The maximum atomic E-state index is 12.8. The van der Waals surface area contributed by atoms with E-state index in [1.165, 1.54) is 24.3 Å². The van der Waals surface area contributed by atoms with Crippen LogP contribution < -0.4 is 10.6 Å². The second kappa shape index (κ2) is 6.92. The predicted octanol–water partition coefficient (Wildman–Crippen LogP) is 3.81. The number of carbonyl (C=O) groups is 1. The summed E-state index contributed by atoms with van der Waals surface area (Å²) in [5.74, 6) is -0.170. The third kappa shape index (κ3) is 3.64. The van der Waals surface area contributed by atoms with Crippen LogP contribution >= 0.6 is 0 Å². The van der Waals surface area contributed by atoms with Crippen molar-refractivity contribution in [2.45, 2.75) is 6.18 Å². The van der Waals surface area contributed by atoms with E-state index in [1.54, 1.807) is 13.1 Å². The maximum absolute atomic E-state index is 12.8. The minimum absolute atomic E-state index is 0.0131. The lowest BCUT2D eigenvalue weighted by Crippen LogP contribution is -2.13. The van der Waals surface area contributed by atoms with Crippen LogP contribution in [0, 0.1) is 11.3 Å². The van der Waals surface area contributed by atoms with Gasteiger partial charge < -0.3 is 10.6 Å². The van der Waals surface area contributed by atoms with Crippen molar-refractivity contribution in [1.29, 1.82) is 5.26 Å². The van der Waals surface area contributed by atoms with Gasteiger partial charge in [0.25, 0.3) is 5.91 Å². The molecular weight excluding hydrogens is 359 g/mol. The zero-order chi connectivity index (χ0) is 19.6. The zero-order valence-electron chi connectivity index (χ0n) is 13.9. The van der Waals surface area contributed by atoms with Gasteiger partial charge in [0.1, 0.15) is 6.07 Å². The Labute approximate surface area is 151 Å². The highest BCUT2D eigenvalue weighted by molar-refractivity contribution is 6.07. The van der Waals surface area contributed by atoms with Crippen molar-refractivity contribution >= 4 is 28.2 Å². The fourth-order valence-corrected chi connectivity index (χ4v) is 2.54. The van der Waals surface area contributed by atoms with E-state index in [0.29, 0.717) is 16.6 Å². The Morgan fingerprint density at radius 3 is 2.56 bits per heavy atom. The van der Waals surface area contributed by atoms with Crippen LogP contribution in [0.5, 0.6) is 0 Å². The first-order valence-corrected chi connectivity index (χ1v) is 7.70. The number of carbonyl (C=O) groups excluding carboxylic acids is 1. The van der Waals surface area contributed by atoms with Gasteiger partial charge in [0.2, 0.25) is 0 Å². The lowest BCUT2D eigenvalue weighted by atomic mass is 10.1. The van der Waals surface area contributed by atoms with Crippen molar-refractivity contribution < 1.29 is 18.0 Å². The third-order valence-electron chi connectivity index (χ3n) is 3.83. The molecule has 9 heteroatoms. The van der Waals surface area contributed by atoms with Gasteiger partial charge in [0.15, 0.2) is 11.5 Å². The molecule has 0 aliphatic heterocycles. The molecule has 1 aromatic heterocycles. The minimum Gasteiger partial charge on any atom is -0.371 e. The summed E-state index contributed by atoms with van der Waals surface area (Å²) >= 11 is 0. The number of aromatic nitrogens is 2. The standard InChI is InChI=1S/C18H12F3N5O/c1-23-16-13-6-5-10(7-14(13)15(9-22)25-26-16)17(27)24-12-4-2-3-11(8-12)18(19,20)21/h2-8H,1H3,(H,23,26)(H,24,27). The average Bonchev–Trinajstić information content (AvgIpc) is 2.66. The van der Waals surface area contributed by atoms with Crippen molar-refractivity contribution in [3.63, 3.8) is 0 Å². The molecule has 1 amide bonds. The van der Waals surface area contributed by atoms with Crippen LogP contribution in [0.4, 0.5) is 24.7 Å². The topological polar surface area (TPSA) is 90.7 Å². The van der Waals surface area contributed by atoms with Gasteiger partial charge >= 0.3 is 6.18 Å². The second-order valence-corrected chi connectivity index (χ2v) is 5.55. The van der Waals surface area contributed by atoms with Crippen LogP contribution in [-0.2, 0) is 6.18 Å². The molecule has 2 N–H and O–H groups in total. The number of nitrogens with zero attached hydrogens (tertiary/aromatic N) is 3. The molecule has 0 spiro atoms. The summed E-state index contributed by atoms with van der Waals surface area (Å²) in [6, 6.07) is 10.8. The Hall–Kier alpha value is -3.67. The summed E-state index contributed by atoms with van der Waals surface area (Å²) in [6.07, 6.45) is -4.51. The Bertz CT molecular complexity index is 1070. The van der Waals surface area contributed by atoms with Crippen molar-refractivity contribution in [3.8, 4) is 6.07 Å². The molecule has 0 aliphatic rings. The van der Waals surface area contributed by atoms with Crippen LogP contribution in [0.1, 0.15) is 21.6 Å². The number of nitriles is 1. The monoisotopic (exact) mass is 371 g/mol. The number of halogens is 3. The third-order valence-corrected chi connectivity index (χ3v) is 3.83. The Morgan fingerprint density at radius 1 is 1.11 bits per heavy atom. The summed E-state index contributed by atoms with van der Waals surface area (Å²) in [5.41, 5.74) is -0.636. The predicted molar refractivity (Wildman–Crippen MR) is 93.2 cm³/mol. The first-order valence-electron chi connectivity index (χ1n) is 7.70. The van der Waals surface area contributed by atoms with E-state index in [1.807, 2.05) is 6.07 Å². The fourth-order valence-electron chi connectivity index (χ4n) is 2.54. The number of rotatable bonds is 3. The van der Waals surface area contributed by atoms with Gasteiger partial charge in [0, 0.05) is 29.1 Å². The van der Waals surface area contributed by atoms with Gasteiger partial charge in [-0.3, -0.25) is 4.79 Å². The average molecular weight is 371 g/mol. The van der Waals surface area contributed by atoms with Crippen LogP contribution in [0.25, 0.3) is 10.8 Å². The molecule has 0 saturated heterocycles. The Kier molecular flexibility index (Phi) is 4.64. The number of amides is 1. The van der Waals surface area contributed by atoms with E-state index in [-0.39, 0.29) is 16.9 Å². The summed E-state index contributed by atoms with van der Waals surface area (Å²) in [6.45, 7) is 0. The first kappa shape index (κ1) is 18.1. The Morgan fingerprint density at radius 2 is 1.89 bits per heavy atom. The Balaban J connectivity index is 1.96. The molecule has 136 valence electrons. The molecular formula is C18H12F3N5O. The molecule has 3 aromatic rings. The molecule has 0 unspecified atom stereocenters. The van der Waals surface area contributed by atoms with Gasteiger partial charge in [-0.1, -0.05) is 6.07 Å². The number of hydrogen-bond acceptors (Lipinski definition) is 5. The summed E-state index contributed by atoms with van der Waals surface area (Å²) in [7, 11) is 1.64. The molecule has 6 nitrogen and oxygen atoms in total. The van der Waals surface area contributed by atoms with Crippen LogP contribution in [0.15, 0.2) is 42.5 Å². The van der Waals surface area contributed by atoms with E-state index < -0.39 is 17.6 Å². The molecule has 0 saturated carbocycles. The van der Waals surface area contributed by atoms with E-state index in [9.17, 15) is 23.2 Å². The number of anilines is 2. The molecule has 27 heavy (non-hydrogen) atoms.